The molecule has 4 nitrogen and oxygen atoms in total. The Balaban J connectivity index is 2.26. The van der Waals surface area contributed by atoms with E-state index in [0.717, 1.165) is 18.0 Å². The standard InChI is InChI=1S/C15H21N3O/c1-4-17-15(14-10-16-11-18(14)3)12-6-8-13(9-7-12)19-5-2/h6-11,15,17H,4-5H2,1-3H3. The molecule has 1 aromatic carbocycles. The minimum Gasteiger partial charge on any atom is -0.494 e. The van der Waals surface area contributed by atoms with Gasteiger partial charge in [-0.1, -0.05) is 19.1 Å². The lowest BCUT2D eigenvalue weighted by atomic mass is 10.0. The maximum absolute atomic E-state index is 5.48. The predicted molar refractivity (Wildman–Crippen MR) is 76.3 cm³/mol. The van der Waals surface area contributed by atoms with Crippen molar-refractivity contribution in [3.05, 3.63) is 48.0 Å². The summed E-state index contributed by atoms with van der Waals surface area (Å²) in [7, 11) is 2.02. The third-order valence-corrected chi connectivity index (χ3v) is 3.08. The zero-order valence-corrected chi connectivity index (χ0v) is 11.8. The summed E-state index contributed by atoms with van der Waals surface area (Å²) in [6.07, 6.45) is 3.73. The normalized spacial score (nSPS) is 12.4. The fourth-order valence-electron chi connectivity index (χ4n) is 2.17. The van der Waals surface area contributed by atoms with Crippen LogP contribution in [0.25, 0.3) is 0 Å². The van der Waals surface area contributed by atoms with Crippen molar-refractivity contribution < 1.29 is 4.74 Å². The number of ether oxygens (including phenoxy) is 1. The zero-order valence-electron chi connectivity index (χ0n) is 11.8. The predicted octanol–water partition coefficient (Wildman–Crippen LogP) is 2.52. The molecule has 0 aliphatic heterocycles. The van der Waals surface area contributed by atoms with Crippen molar-refractivity contribution in [3.63, 3.8) is 0 Å². The van der Waals surface area contributed by atoms with Gasteiger partial charge in [0.15, 0.2) is 0 Å². The number of aromatic nitrogens is 2. The molecule has 2 rings (SSSR count). The fourth-order valence-corrected chi connectivity index (χ4v) is 2.17. The largest absolute Gasteiger partial charge is 0.494 e. The summed E-state index contributed by atoms with van der Waals surface area (Å²) in [5.41, 5.74) is 2.37. The second-order valence-corrected chi connectivity index (χ2v) is 4.42. The molecular weight excluding hydrogens is 238 g/mol. The van der Waals surface area contributed by atoms with Gasteiger partial charge in [0.2, 0.25) is 0 Å². The van der Waals surface area contributed by atoms with Crippen molar-refractivity contribution in [2.75, 3.05) is 13.2 Å². The molecular formula is C15H21N3O. The second kappa shape index (κ2) is 6.38. The van der Waals surface area contributed by atoms with Crippen molar-refractivity contribution in [2.24, 2.45) is 7.05 Å². The highest BCUT2D eigenvalue weighted by atomic mass is 16.5. The highest BCUT2D eigenvalue weighted by Crippen LogP contribution is 2.23. The molecule has 1 unspecified atom stereocenters. The molecule has 2 aromatic rings. The third kappa shape index (κ3) is 3.15. The van der Waals surface area contributed by atoms with Crippen LogP contribution in [-0.2, 0) is 7.05 Å². The van der Waals surface area contributed by atoms with Crippen LogP contribution in [-0.4, -0.2) is 22.7 Å². The molecule has 4 heteroatoms. The molecule has 0 aliphatic carbocycles. The van der Waals surface area contributed by atoms with Gasteiger partial charge in [-0.3, -0.25) is 0 Å². The molecule has 1 atom stereocenters. The number of nitrogens with zero attached hydrogens (tertiary/aromatic N) is 2. The van der Waals surface area contributed by atoms with Crippen LogP contribution in [0.3, 0.4) is 0 Å². The van der Waals surface area contributed by atoms with Gasteiger partial charge < -0.3 is 14.6 Å². The third-order valence-electron chi connectivity index (χ3n) is 3.08. The molecule has 0 fully saturated rings. The van der Waals surface area contributed by atoms with Crippen LogP contribution >= 0.6 is 0 Å². The lowest BCUT2D eigenvalue weighted by molar-refractivity contribution is 0.340. The van der Waals surface area contributed by atoms with Crippen LogP contribution in [0.4, 0.5) is 0 Å². The lowest BCUT2D eigenvalue weighted by Gasteiger charge is -2.19. The number of aryl methyl sites for hydroxylation is 1. The molecule has 0 saturated carbocycles. The van der Waals surface area contributed by atoms with Crippen LogP contribution < -0.4 is 10.1 Å². The summed E-state index contributed by atoms with van der Waals surface area (Å²) in [4.78, 5) is 4.20. The number of rotatable bonds is 6. The van der Waals surface area contributed by atoms with Crippen LogP contribution in [0.2, 0.25) is 0 Å². The van der Waals surface area contributed by atoms with Crippen molar-refractivity contribution in [3.8, 4) is 5.75 Å². The van der Waals surface area contributed by atoms with E-state index in [1.165, 1.54) is 5.56 Å². The van der Waals surface area contributed by atoms with E-state index in [1.807, 2.05) is 43.2 Å². The average Bonchev–Trinajstić information content (AvgIpc) is 2.84. The van der Waals surface area contributed by atoms with Crippen molar-refractivity contribution in [1.82, 2.24) is 14.9 Å². The first-order valence-electron chi connectivity index (χ1n) is 6.68. The molecule has 19 heavy (non-hydrogen) atoms. The summed E-state index contributed by atoms with van der Waals surface area (Å²) in [5.74, 6) is 0.909. The highest BCUT2D eigenvalue weighted by Gasteiger charge is 2.15. The van der Waals surface area contributed by atoms with Gasteiger partial charge >= 0.3 is 0 Å². The second-order valence-electron chi connectivity index (χ2n) is 4.42. The summed E-state index contributed by atoms with van der Waals surface area (Å²) in [5, 5.41) is 3.49. The monoisotopic (exact) mass is 259 g/mol. The van der Waals surface area contributed by atoms with Gasteiger partial charge in [0.25, 0.3) is 0 Å². The lowest BCUT2D eigenvalue weighted by Crippen LogP contribution is -2.23. The van der Waals surface area contributed by atoms with Crippen LogP contribution in [0.15, 0.2) is 36.8 Å². The van der Waals surface area contributed by atoms with Crippen LogP contribution in [0.1, 0.15) is 31.1 Å². The zero-order chi connectivity index (χ0) is 13.7. The van der Waals surface area contributed by atoms with Gasteiger partial charge in [0.1, 0.15) is 5.75 Å². The molecule has 0 spiro atoms. The van der Waals surface area contributed by atoms with Gasteiger partial charge in [-0.2, -0.15) is 0 Å². The maximum atomic E-state index is 5.48. The maximum Gasteiger partial charge on any atom is 0.119 e. The summed E-state index contributed by atoms with van der Waals surface area (Å²) in [6, 6.07) is 8.39. The average molecular weight is 259 g/mol. The summed E-state index contributed by atoms with van der Waals surface area (Å²) >= 11 is 0. The molecule has 1 N–H and O–H groups in total. The number of benzene rings is 1. The molecule has 0 saturated heterocycles. The molecule has 102 valence electrons. The van der Waals surface area contributed by atoms with Crippen molar-refractivity contribution in [2.45, 2.75) is 19.9 Å². The molecule has 0 bridgehead atoms. The highest BCUT2D eigenvalue weighted by molar-refractivity contribution is 5.33. The molecule has 1 aromatic heterocycles. The molecule has 1 heterocycles. The van der Waals surface area contributed by atoms with Gasteiger partial charge in [-0.25, -0.2) is 4.98 Å². The Bertz CT molecular complexity index is 504. The van der Waals surface area contributed by atoms with Crippen LogP contribution in [0.5, 0.6) is 5.75 Å². The first-order valence-corrected chi connectivity index (χ1v) is 6.68. The van der Waals surface area contributed by atoms with Crippen molar-refractivity contribution >= 4 is 0 Å². The first kappa shape index (κ1) is 13.6. The van der Waals surface area contributed by atoms with E-state index in [1.54, 1.807) is 0 Å². The summed E-state index contributed by atoms with van der Waals surface area (Å²) < 4.78 is 7.52. The van der Waals surface area contributed by atoms with Gasteiger partial charge in [0.05, 0.1) is 30.9 Å². The number of hydrogen-bond acceptors (Lipinski definition) is 3. The van der Waals surface area contributed by atoms with Crippen LogP contribution in [0, 0.1) is 0 Å². The molecule has 0 aliphatic rings. The minimum absolute atomic E-state index is 0.160. The van der Waals surface area contributed by atoms with E-state index in [4.69, 9.17) is 4.74 Å². The Labute approximate surface area is 114 Å². The Morgan fingerprint density at radius 3 is 2.53 bits per heavy atom. The van der Waals surface area contributed by atoms with Gasteiger partial charge in [0, 0.05) is 7.05 Å². The molecule has 0 radical (unpaired) electrons. The Kier molecular flexibility index (Phi) is 4.58. The number of imidazole rings is 1. The van der Waals surface area contributed by atoms with Gasteiger partial charge in [-0.15, -0.1) is 0 Å². The summed E-state index contributed by atoms with van der Waals surface area (Å²) in [6.45, 7) is 5.70. The SMILES string of the molecule is CCNC(c1ccc(OCC)cc1)c1cncn1C. The smallest absolute Gasteiger partial charge is 0.119 e. The fraction of sp³-hybridized carbons (Fsp3) is 0.400. The van der Waals surface area contributed by atoms with E-state index in [0.29, 0.717) is 6.61 Å². The van der Waals surface area contributed by atoms with E-state index in [-0.39, 0.29) is 6.04 Å². The van der Waals surface area contributed by atoms with Gasteiger partial charge in [-0.05, 0) is 31.2 Å². The number of hydrogen-bond donors (Lipinski definition) is 1. The first-order chi connectivity index (χ1) is 9.26. The minimum atomic E-state index is 0.160. The van der Waals surface area contributed by atoms with E-state index >= 15 is 0 Å². The Hall–Kier alpha value is -1.81. The Morgan fingerprint density at radius 2 is 2.00 bits per heavy atom. The van der Waals surface area contributed by atoms with Crippen molar-refractivity contribution in [1.29, 1.82) is 0 Å². The van der Waals surface area contributed by atoms with E-state index in [2.05, 4.69) is 29.4 Å². The Morgan fingerprint density at radius 1 is 1.26 bits per heavy atom. The van der Waals surface area contributed by atoms with E-state index in [9.17, 15) is 0 Å². The topological polar surface area (TPSA) is 39.1 Å². The quantitative estimate of drug-likeness (QED) is 0.866. The van der Waals surface area contributed by atoms with E-state index < -0.39 is 0 Å². The number of nitrogens with one attached hydrogen (secondary N) is 1. The molecule has 0 amide bonds.